The average molecular weight is 304 g/mol. The van der Waals surface area contributed by atoms with Gasteiger partial charge in [-0.3, -0.25) is 4.79 Å². The first-order valence-electron chi connectivity index (χ1n) is 6.95. The quantitative estimate of drug-likeness (QED) is 0.366. The van der Waals surface area contributed by atoms with Crippen LogP contribution in [0.4, 0.5) is 0 Å². The molecule has 4 N–H and O–H groups in total. The minimum absolute atomic E-state index is 0.0399. The molecule has 1 rings (SSSR count). The molecule has 1 aliphatic rings. The van der Waals surface area contributed by atoms with E-state index in [1.54, 1.807) is 6.08 Å². The third-order valence-electron chi connectivity index (χ3n) is 3.40. The predicted molar refractivity (Wildman–Crippen MR) is 73.3 cm³/mol. The Labute approximate surface area is 123 Å². The molecule has 0 aromatic carbocycles. The second kappa shape index (κ2) is 8.45. The molecular formula is C14H24O7. The van der Waals surface area contributed by atoms with E-state index in [-0.39, 0.29) is 26.2 Å². The van der Waals surface area contributed by atoms with E-state index in [2.05, 4.69) is 0 Å². The van der Waals surface area contributed by atoms with Crippen LogP contribution in [0.2, 0.25) is 0 Å². The van der Waals surface area contributed by atoms with Crippen LogP contribution in [-0.4, -0.2) is 70.6 Å². The van der Waals surface area contributed by atoms with Crippen LogP contribution in [0.25, 0.3) is 0 Å². The Balaban J connectivity index is 2.71. The predicted octanol–water partition coefficient (Wildman–Crippen LogP) is -1.02. The molecule has 122 valence electrons. The Morgan fingerprint density at radius 1 is 1.33 bits per heavy atom. The second-order valence-electron chi connectivity index (χ2n) is 5.38. The Morgan fingerprint density at radius 3 is 2.57 bits per heavy atom. The zero-order valence-electron chi connectivity index (χ0n) is 12.3. The van der Waals surface area contributed by atoms with Crippen molar-refractivity contribution >= 4 is 5.97 Å². The molecular weight excluding hydrogens is 280 g/mol. The first kappa shape index (κ1) is 18.1. The molecule has 1 heterocycles. The van der Waals surface area contributed by atoms with Gasteiger partial charge >= 0.3 is 5.97 Å². The first-order chi connectivity index (χ1) is 9.88. The van der Waals surface area contributed by atoms with Crippen molar-refractivity contribution in [2.24, 2.45) is 5.92 Å². The van der Waals surface area contributed by atoms with Crippen molar-refractivity contribution < 1.29 is 34.7 Å². The monoisotopic (exact) mass is 304 g/mol. The molecule has 0 aliphatic carbocycles. The van der Waals surface area contributed by atoms with Crippen molar-refractivity contribution in [3.8, 4) is 0 Å². The number of aliphatic hydroxyl groups is 4. The highest BCUT2D eigenvalue weighted by Crippen LogP contribution is 2.25. The zero-order chi connectivity index (χ0) is 16.0. The minimum Gasteiger partial charge on any atom is -0.461 e. The van der Waals surface area contributed by atoms with Crippen molar-refractivity contribution in [1.29, 1.82) is 0 Å². The highest BCUT2D eigenvalue weighted by molar-refractivity contribution is 5.73. The van der Waals surface area contributed by atoms with E-state index in [0.717, 1.165) is 5.57 Å². The van der Waals surface area contributed by atoms with Crippen molar-refractivity contribution in [3.63, 3.8) is 0 Å². The van der Waals surface area contributed by atoms with Gasteiger partial charge in [0.05, 0.1) is 18.6 Å². The van der Waals surface area contributed by atoms with E-state index >= 15 is 0 Å². The summed E-state index contributed by atoms with van der Waals surface area (Å²) in [7, 11) is 0. The van der Waals surface area contributed by atoms with Crippen LogP contribution in [0.5, 0.6) is 0 Å². The number of carbonyl (C=O) groups excluding carboxylic acids is 1. The van der Waals surface area contributed by atoms with E-state index in [9.17, 15) is 20.1 Å². The van der Waals surface area contributed by atoms with E-state index in [0.29, 0.717) is 0 Å². The summed E-state index contributed by atoms with van der Waals surface area (Å²) in [4.78, 5) is 12.0. The van der Waals surface area contributed by atoms with Gasteiger partial charge in [-0.15, -0.1) is 0 Å². The fourth-order valence-electron chi connectivity index (χ4n) is 2.14. The summed E-state index contributed by atoms with van der Waals surface area (Å²) in [5.74, 6) is -1.52. The van der Waals surface area contributed by atoms with Gasteiger partial charge in [0, 0.05) is 6.61 Å². The van der Waals surface area contributed by atoms with E-state index < -0.39 is 36.3 Å². The summed E-state index contributed by atoms with van der Waals surface area (Å²) >= 11 is 0. The van der Waals surface area contributed by atoms with Gasteiger partial charge in [0.25, 0.3) is 0 Å². The summed E-state index contributed by atoms with van der Waals surface area (Å²) in [6.45, 7) is 3.35. The van der Waals surface area contributed by atoms with Crippen molar-refractivity contribution in [3.05, 3.63) is 11.6 Å². The maximum Gasteiger partial charge on any atom is 0.312 e. The summed E-state index contributed by atoms with van der Waals surface area (Å²) in [6.07, 6.45) is -3.26. The molecule has 5 atom stereocenters. The van der Waals surface area contributed by atoms with Gasteiger partial charge in [0.2, 0.25) is 0 Å². The van der Waals surface area contributed by atoms with Crippen molar-refractivity contribution in [2.45, 2.75) is 44.7 Å². The van der Waals surface area contributed by atoms with Crippen LogP contribution in [-0.2, 0) is 14.3 Å². The topological polar surface area (TPSA) is 116 Å². The van der Waals surface area contributed by atoms with Gasteiger partial charge in [-0.25, -0.2) is 0 Å². The third-order valence-corrected chi connectivity index (χ3v) is 3.40. The first-order valence-corrected chi connectivity index (χ1v) is 6.95. The van der Waals surface area contributed by atoms with E-state index in [4.69, 9.17) is 14.6 Å². The van der Waals surface area contributed by atoms with Gasteiger partial charge < -0.3 is 29.9 Å². The standard InChI is InChI=1S/C14H24O7/c1-8(2)4-6-20-14(19)9(3-5-15)13-12(18)11(17)10(16)7-21-13/h4,9-13,15-18H,3,5-7H2,1-2H3/t9?,10-,11+,12-,13?/m1/s1. The molecule has 1 saturated heterocycles. The van der Waals surface area contributed by atoms with Gasteiger partial charge in [-0.05, 0) is 26.3 Å². The highest BCUT2D eigenvalue weighted by Gasteiger charge is 2.44. The lowest BCUT2D eigenvalue weighted by atomic mass is 9.88. The number of ether oxygens (including phenoxy) is 2. The molecule has 0 aromatic rings. The van der Waals surface area contributed by atoms with Crippen LogP contribution in [0.15, 0.2) is 11.6 Å². The normalized spacial score (nSPS) is 30.6. The molecule has 0 aromatic heterocycles. The van der Waals surface area contributed by atoms with E-state index in [1.165, 1.54) is 0 Å². The second-order valence-corrected chi connectivity index (χ2v) is 5.38. The van der Waals surface area contributed by atoms with Crippen LogP contribution in [0, 0.1) is 5.92 Å². The molecule has 0 bridgehead atoms. The lowest BCUT2D eigenvalue weighted by Gasteiger charge is -2.38. The van der Waals surface area contributed by atoms with Crippen molar-refractivity contribution in [2.75, 3.05) is 19.8 Å². The minimum atomic E-state index is -1.42. The Hall–Kier alpha value is -0.990. The maximum absolute atomic E-state index is 12.0. The number of aliphatic hydroxyl groups excluding tert-OH is 4. The van der Waals surface area contributed by atoms with E-state index in [1.807, 2.05) is 13.8 Å². The SMILES string of the molecule is CC(C)=CCOC(=O)C(CCO)C1OC[C@@H](O)[C@H](O)[C@H]1O. The van der Waals surface area contributed by atoms with Crippen LogP contribution in [0.3, 0.4) is 0 Å². The van der Waals surface area contributed by atoms with Gasteiger partial charge in [-0.2, -0.15) is 0 Å². The van der Waals surface area contributed by atoms with Crippen LogP contribution in [0.1, 0.15) is 20.3 Å². The fourth-order valence-corrected chi connectivity index (χ4v) is 2.14. The summed E-state index contributed by atoms with van der Waals surface area (Å²) in [6, 6.07) is 0. The number of carbonyl (C=O) groups is 1. The third kappa shape index (κ3) is 5.05. The maximum atomic E-state index is 12.0. The molecule has 7 heteroatoms. The summed E-state index contributed by atoms with van der Waals surface area (Å²) in [5.41, 5.74) is 0.994. The molecule has 0 saturated carbocycles. The van der Waals surface area contributed by atoms with Gasteiger partial charge in [-0.1, -0.05) is 5.57 Å². The van der Waals surface area contributed by atoms with Crippen LogP contribution < -0.4 is 0 Å². The average Bonchev–Trinajstić information content (AvgIpc) is 2.42. The molecule has 1 fully saturated rings. The molecule has 0 spiro atoms. The summed E-state index contributed by atoms with van der Waals surface area (Å²) < 4.78 is 10.3. The fraction of sp³-hybridized carbons (Fsp3) is 0.786. The Morgan fingerprint density at radius 2 is 2.00 bits per heavy atom. The number of hydrogen-bond donors (Lipinski definition) is 4. The molecule has 21 heavy (non-hydrogen) atoms. The smallest absolute Gasteiger partial charge is 0.312 e. The van der Waals surface area contributed by atoms with Gasteiger partial charge in [0.1, 0.15) is 24.9 Å². The molecule has 0 radical (unpaired) electrons. The highest BCUT2D eigenvalue weighted by atomic mass is 16.5. The number of allylic oxidation sites excluding steroid dienone is 1. The zero-order valence-corrected chi connectivity index (χ0v) is 12.3. The lowest BCUT2D eigenvalue weighted by Crippen LogP contribution is -2.56. The number of hydrogen-bond acceptors (Lipinski definition) is 7. The van der Waals surface area contributed by atoms with Gasteiger partial charge in [0.15, 0.2) is 0 Å². The largest absolute Gasteiger partial charge is 0.461 e. The van der Waals surface area contributed by atoms with Crippen LogP contribution >= 0.6 is 0 Å². The molecule has 7 nitrogen and oxygen atoms in total. The Kier molecular flexibility index (Phi) is 7.27. The number of rotatable bonds is 6. The number of esters is 1. The lowest BCUT2D eigenvalue weighted by molar-refractivity contribution is -0.208. The Bertz CT molecular complexity index is 364. The summed E-state index contributed by atoms with van der Waals surface area (Å²) in [5, 5.41) is 38.1. The molecule has 0 amide bonds. The molecule has 1 aliphatic heterocycles. The molecule has 2 unspecified atom stereocenters. The van der Waals surface area contributed by atoms with Crippen molar-refractivity contribution in [1.82, 2.24) is 0 Å².